The van der Waals surface area contributed by atoms with E-state index >= 15 is 0 Å². The molecule has 0 radical (unpaired) electrons. The van der Waals surface area contributed by atoms with E-state index in [0.717, 1.165) is 63.8 Å². The Morgan fingerprint density at radius 2 is 1.87 bits per heavy atom. The van der Waals surface area contributed by atoms with Crippen molar-refractivity contribution in [3.05, 3.63) is 29.8 Å². The van der Waals surface area contributed by atoms with Gasteiger partial charge in [0.2, 0.25) is 0 Å². The van der Waals surface area contributed by atoms with Crippen LogP contribution in [0.2, 0.25) is 0 Å². The number of benzene rings is 1. The first-order valence-electron chi connectivity index (χ1n) is 11.3. The predicted molar refractivity (Wildman–Crippen MR) is 137 cm³/mol. The Balaban J connectivity index is 0.00000341. The molecule has 7 heteroatoms. The van der Waals surface area contributed by atoms with Crippen molar-refractivity contribution < 1.29 is 14.2 Å². The smallest absolute Gasteiger partial charge is 0.193 e. The zero-order valence-electron chi connectivity index (χ0n) is 19.6. The molecule has 0 amide bonds. The highest BCUT2D eigenvalue weighted by Gasteiger charge is 2.26. The van der Waals surface area contributed by atoms with Crippen LogP contribution in [0, 0.1) is 0 Å². The van der Waals surface area contributed by atoms with Crippen LogP contribution in [0.15, 0.2) is 29.3 Å². The van der Waals surface area contributed by atoms with Crippen LogP contribution in [0.5, 0.6) is 5.75 Å². The van der Waals surface area contributed by atoms with Crippen LogP contribution in [0.25, 0.3) is 0 Å². The largest absolute Gasteiger partial charge is 0.497 e. The second kappa shape index (κ2) is 12.8. The molecule has 1 atom stereocenters. The van der Waals surface area contributed by atoms with E-state index in [1.165, 1.54) is 18.4 Å². The first kappa shape index (κ1) is 26.2. The van der Waals surface area contributed by atoms with Crippen molar-refractivity contribution in [1.29, 1.82) is 0 Å². The molecular formula is C24H40IN3O3. The fraction of sp³-hybridized carbons (Fsp3) is 0.708. The minimum atomic E-state index is -0.0103. The van der Waals surface area contributed by atoms with E-state index in [1.807, 2.05) is 19.2 Å². The normalized spacial score (nSPS) is 20.8. The highest BCUT2D eigenvalue weighted by Crippen LogP contribution is 2.25. The van der Waals surface area contributed by atoms with Crippen molar-refractivity contribution >= 4 is 29.9 Å². The summed E-state index contributed by atoms with van der Waals surface area (Å²) >= 11 is 0. The number of piperidine rings is 1. The van der Waals surface area contributed by atoms with Gasteiger partial charge in [-0.2, -0.15) is 0 Å². The summed E-state index contributed by atoms with van der Waals surface area (Å²) in [6, 6.07) is 8.33. The van der Waals surface area contributed by atoms with E-state index in [9.17, 15) is 0 Å². The van der Waals surface area contributed by atoms with Crippen LogP contribution < -0.4 is 10.1 Å². The summed E-state index contributed by atoms with van der Waals surface area (Å²) < 4.78 is 17.2. The number of ether oxygens (including phenoxy) is 3. The van der Waals surface area contributed by atoms with Crippen LogP contribution in [0.3, 0.4) is 0 Å². The number of nitrogens with one attached hydrogen (secondary N) is 1. The number of methoxy groups -OCH3 is 1. The maximum absolute atomic E-state index is 6.15. The molecule has 0 spiro atoms. The number of hydrogen-bond donors (Lipinski definition) is 1. The van der Waals surface area contributed by atoms with Crippen molar-refractivity contribution in [2.45, 2.75) is 63.6 Å². The Labute approximate surface area is 205 Å². The minimum absolute atomic E-state index is 0. The van der Waals surface area contributed by atoms with E-state index in [4.69, 9.17) is 14.2 Å². The number of rotatable bonds is 7. The molecule has 3 rings (SSSR count). The SMILES string of the molecule is CN=C(NCC(C)(C)c1ccc(OC)cc1)N1CCC(OCC2CCCCO2)CC1.I. The monoisotopic (exact) mass is 545 g/mol. The van der Waals surface area contributed by atoms with Crippen LogP contribution >= 0.6 is 24.0 Å². The highest BCUT2D eigenvalue weighted by atomic mass is 127. The van der Waals surface area contributed by atoms with Crippen molar-refractivity contribution in [2.75, 3.05) is 47.0 Å². The summed E-state index contributed by atoms with van der Waals surface area (Å²) in [6.45, 7) is 8.90. The van der Waals surface area contributed by atoms with Gasteiger partial charge in [0.15, 0.2) is 5.96 Å². The predicted octanol–water partition coefficient (Wildman–Crippen LogP) is 4.22. The summed E-state index contributed by atoms with van der Waals surface area (Å²) in [6.07, 6.45) is 6.30. The van der Waals surface area contributed by atoms with Crippen molar-refractivity contribution in [2.24, 2.45) is 4.99 Å². The molecule has 2 saturated heterocycles. The standard InChI is InChI=1S/C24H39N3O3.HI/c1-24(2,19-8-10-20(28-4)11-9-19)18-26-23(25-3)27-14-12-21(13-15-27)30-17-22-7-5-6-16-29-22;/h8-11,21-22H,5-7,12-18H2,1-4H3,(H,25,26);1H. The zero-order valence-corrected chi connectivity index (χ0v) is 21.9. The molecule has 2 heterocycles. The van der Waals surface area contributed by atoms with Gasteiger partial charge in [-0.1, -0.05) is 26.0 Å². The Kier molecular flexibility index (Phi) is 10.9. The molecule has 2 aliphatic rings. The van der Waals surface area contributed by atoms with Crippen molar-refractivity contribution in [3.8, 4) is 5.75 Å². The van der Waals surface area contributed by atoms with E-state index in [0.29, 0.717) is 12.2 Å². The van der Waals surface area contributed by atoms with Crippen LogP contribution in [-0.2, 0) is 14.9 Å². The topological polar surface area (TPSA) is 55.3 Å². The molecule has 2 aliphatic heterocycles. The Morgan fingerprint density at radius 1 is 1.16 bits per heavy atom. The zero-order chi connectivity index (χ0) is 21.4. The summed E-state index contributed by atoms with van der Waals surface area (Å²) in [4.78, 5) is 6.88. The molecule has 1 aromatic carbocycles. The van der Waals surface area contributed by atoms with Gasteiger partial charge in [-0.15, -0.1) is 24.0 Å². The number of aliphatic imine (C=N–C) groups is 1. The third-order valence-electron chi connectivity index (χ3n) is 6.31. The molecule has 1 unspecified atom stereocenters. The lowest BCUT2D eigenvalue weighted by molar-refractivity contribution is -0.0721. The molecule has 0 bridgehead atoms. The molecule has 31 heavy (non-hydrogen) atoms. The van der Waals surface area contributed by atoms with E-state index in [-0.39, 0.29) is 29.4 Å². The molecular weight excluding hydrogens is 505 g/mol. The maximum atomic E-state index is 6.15. The lowest BCUT2D eigenvalue weighted by Crippen LogP contribution is -2.49. The van der Waals surface area contributed by atoms with Crippen LogP contribution in [-0.4, -0.2) is 70.1 Å². The van der Waals surface area contributed by atoms with Gasteiger partial charge in [0.05, 0.1) is 25.9 Å². The van der Waals surface area contributed by atoms with E-state index in [1.54, 1.807) is 7.11 Å². The number of halogens is 1. The van der Waals surface area contributed by atoms with Gasteiger partial charge in [-0.05, 0) is 49.8 Å². The average molecular weight is 546 g/mol. The van der Waals surface area contributed by atoms with Crippen molar-refractivity contribution in [3.63, 3.8) is 0 Å². The number of likely N-dealkylation sites (tertiary alicyclic amines) is 1. The van der Waals surface area contributed by atoms with Gasteiger partial charge < -0.3 is 24.4 Å². The Hall–Kier alpha value is -1.06. The first-order valence-corrected chi connectivity index (χ1v) is 11.3. The van der Waals surface area contributed by atoms with Gasteiger partial charge in [0.1, 0.15) is 5.75 Å². The fourth-order valence-corrected chi connectivity index (χ4v) is 4.19. The Bertz CT molecular complexity index is 667. The quantitative estimate of drug-likeness (QED) is 0.316. The average Bonchev–Trinajstić information content (AvgIpc) is 2.79. The summed E-state index contributed by atoms with van der Waals surface area (Å²) in [5.74, 6) is 1.86. The van der Waals surface area contributed by atoms with Gasteiger partial charge in [0, 0.05) is 38.7 Å². The molecule has 2 fully saturated rings. The molecule has 1 aromatic rings. The number of guanidine groups is 1. The van der Waals surface area contributed by atoms with E-state index in [2.05, 4.69) is 41.2 Å². The van der Waals surface area contributed by atoms with Gasteiger partial charge in [-0.25, -0.2) is 0 Å². The lowest BCUT2D eigenvalue weighted by Gasteiger charge is -2.36. The third-order valence-corrected chi connectivity index (χ3v) is 6.31. The first-order chi connectivity index (χ1) is 14.5. The molecule has 176 valence electrons. The third kappa shape index (κ3) is 7.79. The highest BCUT2D eigenvalue weighted by molar-refractivity contribution is 14.0. The van der Waals surface area contributed by atoms with Crippen LogP contribution in [0.4, 0.5) is 0 Å². The molecule has 1 N–H and O–H groups in total. The summed E-state index contributed by atoms with van der Waals surface area (Å²) in [5.41, 5.74) is 1.27. The van der Waals surface area contributed by atoms with E-state index < -0.39 is 0 Å². The lowest BCUT2D eigenvalue weighted by atomic mass is 9.84. The van der Waals surface area contributed by atoms with Gasteiger partial charge in [-0.3, -0.25) is 4.99 Å². The Morgan fingerprint density at radius 3 is 2.45 bits per heavy atom. The second-order valence-corrected chi connectivity index (χ2v) is 9.02. The van der Waals surface area contributed by atoms with Gasteiger partial charge >= 0.3 is 0 Å². The molecule has 0 aromatic heterocycles. The molecule has 6 nitrogen and oxygen atoms in total. The minimum Gasteiger partial charge on any atom is -0.497 e. The summed E-state index contributed by atoms with van der Waals surface area (Å²) in [7, 11) is 3.56. The maximum Gasteiger partial charge on any atom is 0.193 e. The second-order valence-electron chi connectivity index (χ2n) is 9.02. The number of hydrogen-bond acceptors (Lipinski definition) is 4. The molecule has 0 aliphatic carbocycles. The number of nitrogens with zero attached hydrogens (tertiary/aromatic N) is 2. The van der Waals surface area contributed by atoms with Crippen LogP contribution in [0.1, 0.15) is 51.5 Å². The van der Waals surface area contributed by atoms with Crippen molar-refractivity contribution in [1.82, 2.24) is 10.2 Å². The fourth-order valence-electron chi connectivity index (χ4n) is 4.19. The summed E-state index contributed by atoms with van der Waals surface area (Å²) in [5, 5.41) is 3.59. The van der Waals surface area contributed by atoms with Gasteiger partial charge in [0.25, 0.3) is 0 Å². The molecule has 0 saturated carbocycles.